The number of aromatic amines is 1. The normalized spacial score (nSPS) is 11.1. The second kappa shape index (κ2) is 4.65. The lowest BCUT2D eigenvalue weighted by Gasteiger charge is -2.01. The fraction of sp³-hybridized carbons (Fsp3) is 0.0714. The highest BCUT2D eigenvalue weighted by molar-refractivity contribution is 9.10. The SMILES string of the molecule is Cc1cc(Br)cc2[nH]c(-c3ccc(Br)cc3O)nc12. The van der Waals surface area contributed by atoms with Crippen LogP contribution in [0.25, 0.3) is 22.4 Å². The molecule has 3 aromatic rings. The third-order valence-electron chi connectivity index (χ3n) is 2.96. The molecule has 0 amide bonds. The summed E-state index contributed by atoms with van der Waals surface area (Å²) < 4.78 is 1.84. The standard InChI is InChI=1S/C14H10Br2N2O/c1-7-4-9(16)5-11-13(7)18-14(17-11)10-3-2-8(15)6-12(10)19/h2-6,19H,1H3,(H,17,18). The number of H-pyrrole nitrogens is 1. The van der Waals surface area contributed by atoms with Gasteiger partial charge in [0, 0.05) is 8.95 Å². The average molecular weight is 382 g/mol. The molecule has 1 heterocycles. The number of phenols is 1. The van der Waals surface area contributed by atoms with Gasteiger partial charge in [-0.15, -0.1) is 0 Å². The molecule has 3 nitrogen and oxygen atoms in total. The molecule has 0 fully saturated rings. The first-order valence-electron chi connectivity index (χ1n) is 5.69. The predicted octanol–water partition coefficient (Wildman–Crippen LogP) is 4.77. The van der Waals surface area contributed by atoms with E-state index in [9.17, 15) is 5.11 Å². The number of nitrogens with zero attached hydrogens (tertiary/aromatic N) is 1. The highest BCUT2D eigenvalue weighted by atomic mass is 79.9. The molecule has 0 saturated carbocycles. The monoisotopic (exact) mass is 380 g/mol. The topological polar surface area (TPSA) is 48.9 Å². The Morgan fingerprint density at radius 1 is 1.11 bits per heavy atom. The fourth-order valence-corrected chi connectivity index (χ4v) is 3.00. The van der Waals surface area contributed by atoms with Gasteiger partial charge in [-0.3, -0.25) is 0 Å². The van der Waals surface area contributed by atoms with Gasteiger partial charge in [0.2, 0.25) is 0 Å². The molecule has 1 aromatic heterocycles. The molecule has 2 N–H and O–H groups in total. The van der Waals surface area contributed by atoms with E-state index in [4.69, 9.17) is 0 Å². The van der Waals surface area contributed by atoms with Crippen molar-refractivity contribution >= 4 is 42.9 Å². The zero-order chi connectivity index (χ0) is 13.6. The number of imidazole rings is 1. The molecule has 0 atom stereocenters. The maximum absolute atomic E-state index is 9.99. The van der Waals surface area contributed by atoms with E-state index in [-0.39, 0.29) is 5.75 Å². The van der Waals surface area contributed by atoms with E-state index in [1.807, 2.05) is 31.2 Å². The molecule has 5 heteroatoms. The summed E-state index contributed by atoms with van der Waals surface area (Å²) in [4.78, 5) is 7.80. The van der Waals surface area contributed by atoms with Crippen LogP contribution in [0.4, 0.5) is 0 Å². The van der Waals surface area contributed by atoms with E-state index >= 15 is 0 Å². The van der Waals surface area contributed by atoms with Gasteiger partial charge in [-0.1, -0.05) is 31.9 Å². The summed E-state index contributed by atoms with van der Waals surface area (Å²) in [5, 5.41) is 9.99. The van der Waals surface area contributed by atoms with E-state index in [1.54, 1.807) is 6.07 Å². The van der Waals surface area contributed by atoms with Crippen molar-refractivity contribution in [3.63, 3.8) is 0 Å². The van der Waals surface area contributed by atoms with Crippen molar-refractivity contribution < 1.29 is 5.11 Å². The number of nitrogens with one attached hydrogen (secondary N) is 1. The summed E-state index contributed by atoms with van der Waals surface area (Å²) in [5.41, 5.74) is 3.64. The van der Waals surface area contributed by atoms with Gasteiger partial charge in [0.05, 0.1) is 16.6 Å². The number of phenolic OH excluding ortho intramolecular Hbond substituents is 1. The van der Waals surface area contributed by atoms with Crippen LogP contribution in [0.3, 0.4) is 0 Å². The number of halogens is 2. The van der Waals surface area contributed by atoms with Crippen molar-refractivity contribution in [3.8, 4) is 17.1 Å². The van der Waals surface area contributed by atoms with Crippen LogP contribution in [0.1, 0.15) is 5.56 Å². The number of aromatic hydroxyl groups is 1. The first-order valence-corrected chi connectivity index (χ1v) is 7.28. The average Bonchev–Trinajstić information content (AvgIpc) is 2.72. The molecule has 0 radical (unpaired) electrons. The molecule has 2 aromatic carbocycles. The van der Waals surface area contributed by atoms with Crippen LogP contribution in [0.15, 0.2) is 39.3 Å². The van der Waals surface area contributed by atoms with E-state index in [2.05, 4.69) is 41.8 Å². The van der Waals surface area contributed by atoms with E-state index in [0.717, 1.165) is 25.5 Å². The summed E-state index contributed by atoms with van der Waals surface area (Å²) in [6.45, 7) is 2.01. The summed E-state index contributed by atoms with van der Waals surface area (Å²) in [6.07, 6.45) is 0. The van der Waals surface area contributed by atoms with Gasteiger partial charge in [-0.05, 0) is 42.8 Å². The summed E-state index contributed by atoms with van der Waals surface area (Å²) in [7, 11) is 0. The van der Waals surface area contributed by atoms with Crippen LogP contribution < -0.4 is 0 Å². The van der Waals surface area contributed by atoms with Crippen molar-refractivity contribution in [1.82, 2.24) is 9.97 Å². The molecular formula is C14H10Br2N2O. The van der Waals surface area contributed by atoms with Gasteiger partial charge in [0.15, 0.2) is 0 Å². The minimum atomic E-state index is 0.199. The fourth-order valence-electron chi connectivity index (χ4n) is 2.08. The molecule has 0 unspecified atom stereocenters. The van der Waals surface area contributed by atoms with Crippen molar-refractivity contribution in [2.24, 2.45) is 0 Å². The highest BCUT2D eigenvalue weighted by Gasteiger charge is 2.11. The molecular weight excluding hydrogens is 372 g/mol. The molecule has 0 aliphatic rings. The van der Waals surface area contributed by atoms with E-state index < -0.39 is 0 Å². The second-order valence-electron chi connectivity index (χ2n) is 4.37. The van der Waals surface area contributed by atoms with Crippen LogP contribution in [0.5, 0.6) is 5.75 Å². The first kappa shape index (κ1) is 12.7. The molecule has 0 aliphatic heterocycles. The minimum absolute atomic E-state index is 0.199. The van der Waals surface area contributed by atoms with Gasteiger partial charge in [-0.2, -0.15) is 0 Å². The van der Waals surface area contributed by atoms with Gasteiger partial charge >= 0.3 is 0 Å². The molecule has 0 aliphatic carbocycles. The molecule has 0 saturated heterocycles. The van der Waals surface area contributed by atoms with Gasteiger partial charge < -0.3 is 10.1 Å². The first-order chi connectivity index (χ1) is 9.04. The largest absolute Gasteiger partial charge is 0.507 e. The van der Waals surface area contributed by atoms with Crippen LogP contribution in [-0.2, 0) is 0 Å². The molecule has 3 rings (SSSR count). The lowest BCUT2D eigenvalue weighted by molar-refractivity contribution is 0.476. The third-order valence-corrected chi connectivity index (χ3v) is 3.91. The Morgan fingerprint density at radius 3 is 2.63 bits per heavy atom. The lowest BCUT2D eigenvalue weighted by atomic mass is 10.2. The Bertz CT molecular complexity index is 780. The van der Waals surface area contributed by atoms with Crippen molar-refractivity contribution in [2.45, 2.75) is 6.92 Å². The number of hydrogen-bond acceptors (Lipinski definition) is 2. The summed E-state index contributed by atoms with van der Waals surface area (Å²) in [5.74, 6) is 0.867. The molecule has 0 bridgehead atoms. The number of rotatable bonds is 1. The maximum Gasteiger partial charge on any atom is 0.142 e. The Morgan fingerprint density at radius 2 is 1.89 bits per heavy atom. The minimum Gasteiger partial charge on any atom is -0.507 e. The number of fused-ring (bicyclic) bond motifs is 1. The smallest absolute Gasteiger partial charge is 0.142 e. The number of hydrogen-bond donors (Lipinski definition) is 2. The predicted molar refractivity (Wildman–Crippen MR) is 83.3 cm³/mol. The Hall–Kier alpha value is -1.33. The highest BCUT2D eigenvalue weighted by Crippen LogP contribution is 2.32. The van der Waals surface area contributed by atoms with Crippen molar-refractivity contribution in [1.29, 1.82) is 0 Å². The van der Waals surface area contributed by atoms with Crippen LogP contribution in [-0.4, -0.2) is 15.1 Å². The summed E-state index contributed by atoms with van der Waals surface area (Å²) >= 11 is 6.80. The Balaban J connectivity index is 2.23. The van der Waals surface area contributed by atoms with E-state index in [0.29, 0.717) is 11.4 Å². The molecule has 96 valence electrons. The van der Waals surface area contributed by atoms with Crippen LogP contribution in [0.2, 0.25) is 0 Å². The number of benzene rings is 2. The Labute approximate surface area is 126 Å². The number of aryl methyl sites for hydroxylation is 1. The van der Waals surface area contributed by atoms with Gasteiger partial charge in [-0.25, -0.2) is 4.98 Å². The van der Waals surface area contributed by atoms with Crippen molar-refractivity contribution in [3.05, 3.63) is 44.8 Å². The zero-order valence-electron chi connectivity index (χ0n) is 10.0. The third kappa shape index (κ3) is 2.28. The zero-order valence-corrected chi connectivity index (χ0v) is 13.2. The Kier molecular flexibility index (Phi) is 3.11. The molecule has 0 spiro atoms. The summed E-state index contributed by atoms with van der Waals surface area (Å²) in [6, 6.07) is 9.38. The number of aromatic nitrogens is 2. The van der Waals surface area contributed by atoms with E-state index in [1.165, 1.54) is 0 Å². The van der Waals surface area contributed by atoms with Crippen LogP contribution in [0, 0.1) is 6.92 Å². The van der Waals surface area contributed by atoms with Gasteiger partial charge in [0.25, 0.3) is 0 Å². The van der Waals surface area contributed by atoms with Crippen LogP contribution >= 0.6 is 31.9 Å². The lowest BCUT2D eigenvalue weighted by Crippen LogP contribution is -1.81. The quantitative estimate of drug-likeness (QED) is 0.637. The van der Waals surface area contributed by atoms with Gasteiger partial charge in [0.1, 0.15) is 11.6 Å². The second-order valence-corrected chi connectivity index (χ2v) is 6.20. The molecule has 19 heavy (non-hydrogen) atoms. The van der Waals surface area contributed by atoms with Crippen molar-refractivity contribution in [2.75, 3.05) is 0 Å². The maximum atomic E-state index is 9.99.